The molecule has 0 fully saturated rings. The van der Waals surface area contributed by atoms with Crippen LogP contribution >= 0.6 is 23.2 Å². The molecular formula is C21H16Cl2N4O5S2. The van der Waals surface area contributed by atoms with E-state index in [1.165, 1.54) is 30.5 Å². The molecule has 0 saturated heterocycles. The number of rotatable bonds is 6. The number of halogens is 2. The van der Waals surface area contributed by atoms with Crippen molar-refractivity contribution in [2.45, 2.75) is 14.8 Å². The smallest absolute Gasteiger partial charge is 0.344 e. The van der Waals surface area contributed by atoms with E-state index in [1.54, 1.807) is 29.0 Å². The van der Waals surface area contributed by atoms with Gasteiger partial charge in [0.2, 0.25) is 14.7 Å². The van der Waals surface area contributed by atoms with E-state index < -0.39 is 36.4 Å². The summed E-state index contributed by atoms with van der Waals surface area (Å²) >= 11 is 11.9. The Bertz CT molecular complexity index is 1550. The van der Waals surface area contributed by atoms with E-state index in [-0.39, 0.29) is 15.6 Å². The highest BCUT2D eigenvalue weighted by molar-refractivity contribution is 7.93. The third-order valence-electron chi connectivity index (χ3n) is 5.17. The van der Waals surface area contributed by atoms with Crippen molar-refractivity contribution in [3.8, 4) is 5.82 Å². The number of aliphatic carboxylic acids is 1. The molecule has 2 unspecified atom stereocenters. The number of fused-ring (bicyclic) bond motifs is 1. The maximum Gasteiger partial charge on any atom is 0.344 e. The fourth-order valence-electron chi connectivity index (χ4n) is 3.43. The summed E-state index contributed by atoms with van der Waals surface area (Å²) in [5, 5.41) is 18.8. The molecule has 176 valence electrons. The largest absolute Gasteiger partial charge is 0.479 e. The second kappa shape index (κ2) is 8.75. The summed E-state index contributed by atoms with van der Waals surface area (Å²) in [4.78, 5) is 9.01. The van der Waals surface area contributed by atoms with Gasteiger partial charge in [-0.15, -0.1) is 10.2 Å². The predicted octanol–water partition coefficient (Wildman–Crippen LogP) is 3.13. The van der Waals surface area contributed by atoms with E-state index in [1.807, 2.05) is 0 Å². The standard InChI is InChI=1S/C21H16Cl2N4O5S2/c1-33(30)19-5-4-18(25-26-19)27-7-6-12-8-13(2-3-17(12)27)21(24,20(28)29)34(31,32)16-10-14(22)9-15(23)11-16/h2-11H,24H2,1H3,(H,28,29). The van der Waals surface area contributed by atoms with Gasteiger partial charge in [-0.25, -0.2) is 13.2 Å². The zero-order chi connectivity index (χ0) is 24.8. The summed E-state index contributed by atoms with van der Waals surface area (Å²) in [5.74, 6) is -1.34. The molecule has 0 aliphatic carbocycles. The van der Waals surface area contributed by atoms with Crippen LogP contribution in [0.15, 0.2) is 70.7 Å². The first-order valence-electron chi connectivity index (χ1n) is 9.47. The lowest BCUT2D eigenvalue weighted by Crippen LogP contribution is -2.51. The number of carbonyl (C=O) groups is 1. The molecule has 3 N–H and O–H groups in total. The van der Waals surface area contributed by atoms with Crippen LogP contribution in [0.25, 0.3) is 16.7 Å². The SMILES string of the molecule is CS(=O)c1ccc(-n2ccc3cc(C(N)(C(=O)O)S(=O)(=O)c4cc(Cl)cc(Cl)c4)ccc32)nn1. The van der Waals surface area contributed by atoms with Crippen LogP contribution in [0.3, 0.4) is 0 Å². The summed E-state index contributed by atoms with van der Waals surface area (Å²) in [6, 6.07) is 12.6. The zero-order valence-electron chi connectivity index (χ0n) is 17.3. The summed E-state index contributed by atoms with van der Waals surface area (Å²) in [6.07, 6.45) is 3.15. The molecule has 0 aliphatic rings. The Hall–Kier alpha value is -2.83. The van der Waals surface area contributed by atoms with Crippen molar-refractivity contribution in [2.75, 3.05) is 6.26 Å². The molecule has 2 heterocycles. The van der Waals surface area contributed by atoms with Crippen molar-refractivity contribution in [3.63, 3.8) is 0 Å². The molecule has 0 amide bonds. The average Bonchev–Trinajstić information content (AvgIpc) is 3.21. The highest BCUT2D eigenvalue weighted by Gasteiger charge is 2.50. The van der Waals surface area contributed by atoms with E-state index in [2.05, 4.69) is 10.2 Å². The summed E-state index contributed by atoms with van der Waals surface area (Å²) in [6.45, 7) is 0. The minimum absolute atomic E-state index is 0.0189. The van der Waals surface area contributed by atoms with E-state index in [9.17, 15) is 22.5 Å². The van der Waals surface area contributed by atoms with Crippen molar-refractivity contribution >= 4 is 60.7 Å². The molecule has 2 atom stereocenters. The average molecular weight is 539 g/mol. The monoisotopic (exact) mass is 538 g/mol. The molecule has 9 nitrogen and oxygen atoms in total. The van der Waals surface area contributed by atoms with Crippen LogP contribution in [-0.2, 0) is 30.3 Å². The maximum absolute atomic E-state index is 13.4. The van der Waals surface area contributed by atoms with Crippen molar-refractivity contribution in [2.24, 2.45) is 5.73 Å². The molecule has 0 saturated carbocycles. The van der Waals surface area contributed by atoms with Crippen molar-refractivity contribution in [3.05, 3.63) is 76.4 Å². The molecular weight excluding hydrogens is 523 g/mol. The van der Waals surface area contributed by atoms with E-state index in [0.717, 1.165) is 12.1 Å². The molecule has 0 aliphatic heterocycles. The fourth-order valence-corrected chi connectivity index (χ4v) is 6.11. The number of nitrogens with two attached hydrogens (primary N) is 1. The highest BCUT2D eigenvalue weighted by atomic mass is 35.5. The Labute approximate surface area is 206 Å². The fraction of sp³-hybridized carbons (Fsp3) is 0.0952. The third-order valence-corrected chi connectivity index (χ3v) is 8.53. The van der Waals surface area contributed by atoms with Gasteiger partial charge in [0.05, 0.1) is 21.2 Å². The lowest BCUT2D eigenvalue weighted by atomic mass is 10.1. The number of benzene rings is 2. The van der Waals surface area contributed by atoms with Crippen LogP contribution in [0.2, 0.25) is 10.0 Å². The van der Waals surface area contributed by atoms with Crippen LogP contribution < -0.4 is 5.73 Å². The molecule has 13 heteroatoms. The highest BCUT2D eigenvalue weighted by Crippen LogP contribution is 2.35. The third kappa shape index (κ3) is 3.99. The van der Waals surface area contributed by atoms with Crippen molar-refractivity contribution in [1.82, 2.24) is 14.8 Å². The second-order valence-corrected chi connectivity index (χ2v) is 11.6. The second-order valence-electron chi connectivity index (χ2n) is 7.29. The van der Waals surface area contributed by atoms with Gasteiger partial charge in [-0.2, -0.15) is 0 Å². The number of aromatic nitrogens is 3. The Balaban J connectivity index is 1.84. The Morgan fingerprint density at radius 1 is 1.06 bits per heavy atom. The minimum atomic E-state index is -4.67. The van der Waals surface area contributed by atoms with Crippen molar-refractivity contribution < 1.29 is 22.5 Å². The molecule has 34 heavy (non-hydrogen) atoms. The van der Waals surface area contributed by atoms with Gasteiger partial charge in [0.25, 0.3) is 0 Å². The molecule has 2 aromatic heterocycles. The molecule has 4 rings (SSSR count). The van der Waals surface area contributed by atoms with Gasteiger partial charge in [-0.05, 0) is 54.1 Å². The van der Waals surface area contributed by atoms with Gasteiger partial charge in [0.1, 0.15) is 5.03 Å². The molecule has 4 aromatic rings. The summed E-state index contributed by atoms with van der Waals surface area (Å²) in [7, 11) is -5.96. The van der Waals surface area contributed by atoms with Gasteiger partial charge >= 0.3 is 5.97 Å². The Morgan fingerprint density at radius 2 is 1.74 bits per heavy atom. The Kier molecular flexibility index (Phi) is 6.25. The number of sulfone groups is 1. The zero-order valence-corrected chi connectivity index (χ0v) is 20.5. The van der Waals surface area contributed by atoms with Gasteiger partial charge in [-0.1, -0.05) is 29.3 Å². The first kappa shape index (κ1) is 24.3. The van der Waals surface area contributed by atoms with Gasteiger partial charge in [0.15, 0.2) is 5.82 Å². The van der Waals surface area contributed by atoms with Crippen LogP contribution in [0.5, 0.6) is 0 Å². The number of carboxylic acids is 1. The summed E-state index contributed by atoms with van der Waals surface area (Å²) < 4.78 is 40.0. The minimum Gasteiger partial charge on any atom is -0.479 e. The molecule has 2 aromatic carbocycles. The topological polar surface area (TPSA) is 145 Å². The van der Waals surface area contributed by atoms with E-state index >= 15 is 0 Å². The van der Waals surface area contributed by atoms with Crippen molar-refractivity contribution in [1.29, 1.82) is 0 Å². The number of carboxylic acid groups (broad SMARTS) is 1. The van der Waals surface area contributed by atoms with Gasteiger partial charge in [0, 0.05) is 27.9 Å². The molecule has 0 radical (unpaired) electrons. The predicted molar refractivity (Wildman–Crippen MR) is 128 cm³/mol. The molecule has 0 spiro atoms. The Morgan fingerprint density at radius 3 is 2.29 bits per heavy atom. The maximum atomic E-state index is 13.4. The number of hydrogen-bond acceptors (Lipinski definition) is 7. The quantitative estimate of drug-likeness (QED) is 0.380. The summed E-state index contributed by atoms with van der Waals surface area (Å²) in [5.41, 5.74) is 6.53. The first-order chi connectivity index (χ1) is 15.9. The molecule has 0 bridgehead atoms. The lowest BCUT2D eigenvalue weighted by Gasteiger charge is -2.25. The normalized spacial score (nSPS) is 14.6. The van der Waals surface area contributed by atoms with Gasteiger partial charge < -0.3 is 5.11 Å². The van der Waals surface area contributed by atoms with Crippen LogP contribution in [-0.4, -0.2) is 44.7 Å². The lowest BCUT2D eigenvalue weighted by molar-refractivity contribution is -0.140. The number of hydrogen-bond donors (Lipinski definition) is 2. The van der Waals surface area contributed by atoms with Crippen LogP contribution in [0, 0.1) is 0 Å². The van der Waals surface area contributed by atoms with E-state index in [0.29, 0.717) is 21.7 Å². The van der Waals surface area contributed by atoms with Gasteiger partial charge in [-0.3, -0.25) is 14.5 Å². The first-order valence-corrected chi connectivity index (χ1v) is 13.3. The van der Waals surface area contributed by atoms with Crippen LogP contribution in [0.4, 0.5) is 0 Å². The van der Waals surface area contributed by atoms with E-state index in [4.69, 9.17) is 28.9 Å². The number of nitrogens with zero attached hydrogens (tertiary/aromatic N) is 3. The van der Waals surface area contributed by atoms with Crippen LogP contribution in [0.1, 0.15) is 5.56 Å².